The van der Waals surface area contributed by atoms with E-state index in [-0.39, 0.29) is 5.91 Å². The third kappa shape index (κ3) is 5.22. The van der Waals surface area contributed by atoms with Gasteiger partial charge in [0.05, 0.1) is 0 Å². The maximum atomic E-state index is 10.5. The third-order valence-electron chi connectivity index (χ3n) is 2.93. The van der Waals surface area contributed by atoms with E-state index < -0.39 is 0 Å². The molecular formula is C11H22N2O. The molecule has 3 nitrogen and oxygen atoms in total. The van der Waals surface area contributed by atoms with Gasteiger partial charge in [-0.05, 0) is 38.3 Å². The molecule has 0 heterocycles. The maximum absolute atomic E-state index is 10.5. The molecule has 0 aromatic rings. The van der Waals surface area contributed by atoms with Gasteiger partial charge in [-0.25, -0.2) is 0 Å². The van der Waals surface area contributed by atoms with Crippen LogP contribution in [0.2, 0.25) is 0 Å². The van der Waals surface area contributed by atoms with Gasteiger partial charge in [0.2, 0.25) is 5.91 Å². The molecule has 0 aliphatic heterocycles. The molecule has 0 radical (unpaired) electrons. The van der Waals surface area contributed by atoms with Crippen LogP contribution < -0.4 is 11.1 Å². The van der Waals surface area contributed by atoms with Crippen LogP contribution in [0.3, 0.4) is 0 Å². The molecule has 1 amide bonds. The first-order valence-electron chi connectivity index (χ1n) is 5.78. The van der Waals surface area contributed by atoms with E-state index in [2.05, 4.69) is 5.32 Å². The van der Waals surface area contributed by atoms with Crippen molar-refractivity contribution in [3.8, 4) is 0 Å². The molecule has 0 aromatic heterocycles. The number of nitrogens with two attached hydrogens (primary N) is 1. The van der Waals surface area contributed by atoms with Crippen molar-refractivity contribution in [2.45, 2.75) is 44.9 Å². The molecule has 1 saturated carbocycles. The summed E-state index contributed by atoms with van der Waals surface area (Å²) in [6, 6.07) is 0. The first kappa shape index (κ1) is 11.5. The van der Waals surface area contributed by atoms with E-state index in [1.807, 2.05) is 0 Å². The van der Waals surface area contributed by atoms with Crippen LogP contribution in [0.1, 0.15) is 44.9 Å². The molecular weight excluding hydrogens is 176 g/mol. The monoisotopic (exact) mass is 198 g/mol. The van der Waals surface area contributed by atoms with Crippen molar-refractivity contribution in [1.29, 1.82) is 0 Å². The van der Waals surface area contributed by atoms with E-state index in [0.29, 0.717) is 6.42 Å². The highest BCUT2D eigenvalue weighted by atomic mass is 16.1. The molecule has 0 bridgehead atoms. The molecule has 1 fully saturated rings. The zero-order valence-electron chi connectivity index (χ0n) is 8.93. The molecule has 1 aliphatic carbocycles. The summed E-state index contributed by atoms with van der Waals surface area (Å²) in [4.78, 5) is 10.5. The molecule has 3 heteroatoms. The zero-order valence-corrected chi connectivity index (χ0v) is 8.93. The summed E-state index contributed by atoms with van der Waals surface area (Å²) < 4.78 is 0. The number of hydrogen-bond donors (Lipinski definition) is 2. The Hall–Kier alpha value is -0.570. The lowest BCUT2D eigenvalue weighted by Gasteiger charge is -2.21. The Bertz CT molecular complexity index is 165. The largest absolute Gasteiger partial charge is 0.370 e. The second kappa shape index (κ2) is 6.82. The highest BCUT2D eigenvalue weighted by molar-refractivity contribution is 5.73. The number of nitrogens with one attached hydrogen (secondary N) is 1. The topological polar surface area (TPSA) is 55.1 Å². The molecule has 0 atom stereocenters. The minimum atomic E-state index is -0.190. The Balaban J connectivity index is 1.90. The maximum Gasteiger partial charge on any atom is 0.217 e. The Morgan fingerprint density at radius 3 is 2.64 bits per heavy atom. The summed E-state index contributed by atoms with van der Waals surface area (Å²) in [6.07, 6.45) is 8.35. The van der Waals surface area contributed by atoms with Crippen molar-refractivity contribution in [3.05, 3.63) is 0 Å². The van der Waals surface area contributed by atoms with Gasteiger partial charge in [-0.2, -0.15) is 0 Å². The van der Waals surface area contributed by atoms with Gasteiger partial charge in [-0.1, -0.05) is 19.3 Å². The lowest BCUT2D eigenvalue weighted by molar-refractivity contribution is -0.118. The second-order valence-electron chi connectivity index (χ2n) is 4.28. The van der Waals surface area contributed by atoms with Crippen LogP contribution >= 0.6 is 0 Å². The fraction of sp³-hybridized carbons (Fsp3) is 0.909. The van der Waals surface area contributed by atoms with E-state index >= 15 is 0 Å². The van der Waals surface area contributed by atoms with Crippen molar-refractivity contribution in [2.75, 3.05) is 13.1 Å². The van der Waals surface area contributed by atoms with Gasteiger partial charge in [0.1, 0.15) is 0 Å². The molecule has 3 N–H and O–H groups in total. The Kier molecular flexibility index (Phi) is 5.60. The van der Waals surface area contributed by atoms with Crippen LogP contribution in [-0.4, -0.2) is 19.0 Å². The van der Waals surface area contributed by atoms with E-state index in [0.717, 1.165) is 25.4 Å². The van der Waals surface area contributed by atoms with Gasteiger partial charge < -0.3 is 11.1 Å². The molecule has 0 unspecified atom stereocenters. The van der Waals surface area contributed by atoms with Crippen LogP contribution in [0.5, 0.6) is 0 Å². The zero-order chi connectivity index (χ0) is 10.2. The van der Waals surface area contributed by atoms with Crippen molar-refractivity contribution in [3.63, 3.8) is 0 Å². The van der Waals surface area contributed by atoms with E-state index in [1.165, 1.54) is 32.1 Å². The van der Waals surface area contributed by atoms with Crippen LogP contribution in [0, 0.1) is 5.92 Å². The van der Waals surface area contributed by atoms with Gasteiger partial charge in [-0.15, -0.1) is 0 Å². The first-order valence-corrected chi connectivity index (χ1v) is 5.78. The quantitative estimate of drug-likeness (QED) is 0.634. The average Bonchev–Trinajstić information content (AvgIpc) is 2.18. The Morgan fingerprint density at radius 2 is 2.00 bits per heavy atom. The standard InChI is InChI=1S/C11H22N2O/c12-11(14)7-4-8-13-9-10-5-2-1-3-6-10/h10,13H,1-9H2,(H2,12,14). The Morgan fingerprint density at radius 1 is 1.29 bits per heavy atom. The minimum Gasteiger partial charge on any atom is -0.370 e. The molecule has 1 rings (SSSR count). The van der Waals surface area contributed by atoms with Crippen LogP contribution in [0.25, 0.3) is 0 Å². The highest BCUT2D eigenvalue weighted by Gasteiger charge is 2.12. The van der Waals surface area contributed by atoms with Crippen LogP contribution in [-0.2, 0) is 4.79 Å². The number of hydrogen-bond acceptors (Lipinski definition) is 2. The average molecular weight is 198 g/mol. The summed E-state index contributed by atoms with van der Waals surface area (Å²) in [5.74, 6) is 0.682. The molecule has 82 valence electrons. The highest BCUT2D eigenvalue weighted by Crippen LogP contribution is 2.22. The SMILES string of the molecule is NC(=O)CCCNCC1CCCCC1. The molecule has 0 saturated heterocycles. The van der Waals surface area contributed by atoms with Crippen LogP contribution in [0.4, 0.5) is 0 Å². The molecule has 1 aliphatic rings. The van der Waals surface area contributed by atoms with Crippen LogP contribution in [0.15, 0.2) is 0 Å². The normalized spacial score (nSPS) is 18.3. The van der Waals surface area contributed by atoms with Gasteiger partial charge in [-0.3, -0.25) is 4.79 Å². The smallest absolute Gasteiger partial charge is 0.217 e. The fourth-order valence-electron chi connectivity index (χ4n) is 2.09. The molecule has 14 heavy (non-hydrogen) atoms. The Labute approximate surface area is 86.4 Å². The predicted octanol–water partition coefficient (Wildman–Crippen LogP) is 1.42. The summed E-state index contributed by atoms with van der Waals surface area (Å²) in [6.45, 7) is 2.05. The molecule has 0 spiro atoms. The minimum absolute atomic E-state index is 0.190. The predicted molar refractivity (Wildman–Crippen MR) is 57.9 cm³/mol. The summed E-state index contributed by atoms with van der Waals surface area (Å²) >= 11 is 0. The lowest BCUT2D eigenvalue weighted by atomic mass is 9.89. The summed E-state index contributed by atoms with van der Waals surface area (Å²) in [5.41, 5.74) is 5.05. The third-order valence-corrected chi connectivity index (χ3v) is 2.93. The van der Waals surface area contributed by atoms with Crippen molar-refractivity contribution in [2.24, 2.45) is 11.7 Å². The van der Waals surface area contributed by atoms with E-state index in [1.54, 1.807) is 0 Å². The number of rotatable bonds is 6. The lowest BCUT2D eigenvalue weighted by Crippen LogP contribution is -2.26. The van der Waals surface area contributed by atoms with Crippen molar-refractivity contribution in [1.82, 2.24) is 5.32 Å². The fourth-order valence-corrected chi connectivity index (χ4v) is 2.09. The van der Waals surface area contributed by atoms with Crippen molar-refractivity contribution >= 4 is 5.91 Å². The number of carbonyl (C=O) groups is 1. The van der Waals surface area contributed by atoms with Gasteiger partial charge in [0.25, 0.3) is 0 Å². The number of carbonyl (C=O) groups excluding carboxylic acids is 1. The first-order chi connectivity index (χ1) is 6.79. The number of primary amides is 1. The summed E-state index contributed by atoms with van der Waals surface area (Å²) in [7, 11) is 0. The van der Waals surface area contributed by atoms with E-state index in [4.69, 9.17) is 5.73 Å². The van der Waals surface area contributed by atoms with E-state index in [9.17, 15) is 4.79 Å². The second-order valence-corrected chi connectivity index (χ2v) is 4.28. The van der Waals surface area contributed by atoms with Crippen molar-refractivity contribution < 1.29 is 4.79 Å². The molecule has 0 aromatic carbocycles. The van der Waals surface area contributed by atoms with Gasteiger partial charge in [0.15, 0.2) is 0 Å². The van der Waals surface area contributed by atoms with Gasteiger partial charge >= 0.3 is 0 Å². The number of amides is 1. The summed E-state index contributed by atoms with van der Waals surface area (Å²) in [5, 5.41) is 3.40. The van der Waals surface area contributed by atoms with Gasteiger partial charge in [0, 0.05) is 6.42 Å².